The third-order valence-electron chi connectivity index (χ3n) is 5.20. The predicted octanol–water partition coefficient (Wildman–Crippen LogP) is 2.23. The number of furan rings is 1. The van der Waals surface area contributed by atoms with Crippen molar-refractivity contribution in [3.63, 3.8) is 0 Å². The van der Waals surface area contributed by atoms with Gasteiger partial charge in [0.2, 0.25) is 5.09 Å². The third kappa shape index (κ3) is 3.67. The molecule has 7 nitrogen and oxygen atoms in total. The smallest absolute Gasteiger partial charge is 0.276 e. The summed E-state index contributed by atoms with van der Waals surface area (Å²) in [7, 11) is -3.48. The lowest BCUT2D eigenvalue weighted by molar-refractivity contribution is 0.181. The molecule has 2 fully saturated rings. The molecule has 0 aliphatic carbocycles. The minimum Gasteiger partial charge on any atom is -0.447 e. The average Bonchev–Trinajstić information content (AvgIpc) is 3.35. The maximum absolute atomic E-state index is 12.6. The molecule has 4 rings (SSSR count). The Morgan fingerprint density at radius 2 is 1.96 bits per heavy atom. The molecule has 0 N–H and O–H groups in total. The number of piperidine rings is 1. The van der Waals surface area contributed by atoms with Gasteiger partial charge in [0.1, 0.15) is 12.1 Å². The average molecular weight is 376 g/mol. The summed E-state index contributed by atoms with van der Waals surface area (Å²) >= 11 is 0. The molecule has 0 aromatic carbocycles. The van der Waals surface area contributed by atoms with Crippen molar-refractivity contribution in [1.82, 2.24) is 19.2 Å². The molecule has 2 aromatic rings. The van der Waals surface area contributed by atoms with E-state index in [1.165, 1.54) is 4.31 Å². The molecule has 2 aromatic heterocycles. The van der Waals surface area contributed by atoms with E-state index in [4.69, 9.17) is 4.42 Å². The van der Waals surface area contributed by atoms with Crippen LogP contribution < -0.4 is 0 Å². The highest BCUT2D eigenvalue weighted by Crippen LogP contribution is 2.27. The van der Waals surface area contributed by atoms with E-state index in [0.29, 0.717) is 31.3 Å². The number of aromatic nitrogens is 2. The van der Waals surface area contributed by atoms with E-state index >= 15 is 0 Å². The van der Waals surface area contributed by atoms with Crippen LogP contribution in [0, 0.1) is 0 Å². The Morgan fingerprint density at radius 3 is 2.73 bits per heavy atom. The van der Waals surface area contributed by atoms with Crippen LogP contribution in [-0.4, -0.2) is 53.8 Å². The van der Waals surface area contributed by atoms with Crippen molar-refractivity contribution in [2.75, 3.05) is 26.2 Å². The first-order chi connectivity index (χ1) is 12.6. The van der Waals surface area contributed by atoms with Crippen LogP contribution in [0.5, 0.6) is 0 Å². The highest BCUT2D eigenvalue weighted by molar-refractivity contribution is 7.89. The first-order valence-electron chi connectivity index (χ1n) is 9.20. The zero-order valence-electron chi connectivity index (χ0n) is 14.7. The van der Waals surface area contributed by atoms with Gasteiger partial charge in [0.05, 0.1) is 6.54 Å². The summed E-state index contributed by atoms with van der Waals surface area (Å²) in [5.41, 5.74) is 1.07. The Morgan fingerprint density at radius 1 is 1.12 bits per heavy atom. The molecule has 0 saturated carbocycles. The number of sulfonamides is 1. The zero-order chi connectivity index (χ0) is 18.0. The van der Waals surface area contributed by atoms with Gasteiger partial charge in [0, 0.05) is 37.4 Å². The van der Waals surface area contributed by atoms with E-state index in [1.807, 2.05) is 6.07 Å². The summed E-state index contributed by atoms with van der Waals surface area (Å²) in [6.45, 7) is 3.68. The maximum atomic E-state index is 12.6. The van der Waals surface area contributed by atoms with Crippen molar-refractivity contribution in [3.8, 4) is 0 Å². The van der Waals surface area contributed by atoms with E-state index in [2.05, 4.69) is 14.9 Å². The fourth-order valence-corrected chi connectivity index (χ4v) is 5.29. The van der Waals surface area contributed by atoms with Crippen LogP contribution >= 0.6 is 0 Å². The summed E-state index contributed by atoms with van der Waals surface area (Å²) in [6.07, 6.45) is 7.42. The highest BCUT2D eigenvalue weighted by atomic mass is 32.2. The van der Waals surface area contributed by atoms with Crippen LogP contribution in [0.25, 0.3) is 0 Å². The van der Waals surface area contributed by atoms with E-state index < -0.39 is 10.0 Å². The molecule has 1 atom stereocenters. The Labute approximate surface area is 154 Å². The molecule has 0 bridgehead atoms. The molecule has 140 valence electrons. The molecule has 2 saturated heterocycles. The van der Waals surface area contributed by atoms with E-state index in [0.717, 1.165) is 44.5 Å². The SMILES string of the molecule is O=S(=O)(c1ccc(CN2CCC[C@@H](c3ccncn3)C2)o1)N1CCCC1. The molecular weight excluding hydrogens is 352 g/mol. The van der Waals surface area contributed by atoms with Gasteiger partial charge in [-0.2, -0.15) is 4.31 Å². The molecule has 8 heteroatoms. The third-order valence-corrected chi connectivity index (χ3v) is 6.98. The molecule has 0 unspecified atom stereocenters. The lowest BCUT2D eigenvalue weighted by atomic mass is 9.94. The first kappa shape index (κ1) is 17.6. The summed E-state index contributed by atoms with van der Waals surface area (Å²) in [5.74, 6) is 1.08. The van der Waals surface area contributed by atoms with Gasteiger partial charge in [-0.05, 0) is 50.4 Å². The van der Waals surface area contributed by atoms with Crippen LogP contribution in [-0.2, 0) is 16.6 Å². The fourth-order valence-electron chi connectivity index (χ4n) is 3.84. The highest BCUT2D eigenvalue weighted by Gasteiger charge is 2.30. The largest absolute Gasteiger partial charge is 0.447 e. The molecule has 2 aliphatic heterocycles. The van der Waals surface area contributed by atoms with Crippen LogP contribution in [0.4, 0.5) is 0 Å². The number of nitrogens with zero attached hydrogens (tertiary/aromatic N) is 4. The lowest BCUT2D eigenvalue weighted by Crippen LogP contribution is -2.34. The van der Waals surface area contributed by atoms with Crippen molar-refractivity contribution in [2.24, 2.45) is 0 Å². The van der Waals surface area contributed by atoms with E-state index in [9.17, 15) is 8.42 Å². The summed E-state index contributed by atoms with van der Waals surface area (Å²) in [6, 6.07) is 5.36. The molecule has 2 aliphatic rings. The van der Waals surface area contributed by atoms with Crippen molar-refractivity contribution < 1.29 is 12.8 Å². The molecule has 0 amide bonds. The van der Waals surface area contributed by atoms with Crippen molar-refractivity contribution in [2.45, 2.75) is 43.2 Å². The molecule has 26 heavy (non-hydrogen) atoms. The van der Waals surface area contributed by atoms with E-state index in [-0.39, 0.29) is 5.09 Å². The Bertz CT molecular complexity index is 831. The van der Waals surface area contributed by atoms with Gasteiger partial charge >= 0.3 is 0 Å². The summed E-state index contributed by atoms with van der Waals surface area (Å²) in [4.78, 5) is 10.7. The van der Waals surface area contributed by atoms with Gasteiger partial charge in [0.15, 0.2) is 0 Å². The predicted molar refractivity (Wildman–Crippen MR) is 96.0 cm³/mol. The molecule has 0 spiro atoms. The Kier molecular flexibility index (Phi) is 5.06. The Hall–Kier alpha value is -1.77. The van der Waals surface area contributed by atoms with Crippen molar-refractivity contribution >= 4 is 10.0 Å². The van der Waals surface area contributed by atoms with Crippen LogP contribution in [0.15, 0.2) is 40.2 Å². The topological polar surface area (TPSA) is 79.5 Å². The van der Waals surface area contributed by atoms with Crippen LogP contribution in [0.2, 0.25) is 0 Å². The normalized spacial score (nSPS) is 22.7. The van der Waals surface area contributed by atoms with Gasteiger partial charge in [-0.15, -0.1) is 0 Å². The summed E-state index contributed by atoms with van der Waals surface area (Å²) in [5, 5.41) is 0.0683. The van der Waals surface area contributed by atoms with Crippen molar-refractivity contribution in [1.29, 1.82) is 0 Å². The van der Waals surface area contributed by atoms with Gasteiger partial charge in [-0.1, -0.05) is 0 Å². The fraction of sp³-hybridized carbons (Fsp3) is 0.556. The molecule has 0 radical (unpaired) electrons. The maximum Gasteiger partial charge on any atom is 0.276 e. The second-order valence-electron chi connectivity index (χ2n) is 7.04. The van der Waals surface area contributed by atoms with Crippen molar-refractivity contribution in [3.05, 3.63) is 42.2 Å². The van der Waals surface area contributed by atoms with Crippen LogP contribution in [0.1, 0.15) is 43.1 Å². The van der Waals surface area contributed by atoms with Gasteiger partial charge in [-0.3, -0.25) is 4.90 Å². The quantitative estimate of drug-likeness (QED) is 0.796. The number of hydrogen-bond donors (Lipinski definition) is 0. The van der Waals surface area contributed by atoms with Gasteiger partial charge in [0.25, 0.3) is 10.0 Å². The second-order valence-corrected chi connectivity index (χ2v) is 8.91. The minimum atomic E-state index is -3.48. The van der Waals surface area contributed by atoms with E-state index in [1.54, 1.807) is 24.7 Å². The molecular formula is C18H24N4O3S. The number of rotatable bonds is 5. The summed E-state index contributed by atoms with van der Waals surface area (Å²) < 4.78 is 32.4. The zero-order valence-corrected chi connectivity index (χ0v) is 15.6. The second kappa shape index (κ2) is 7.46. The molecule has 4 heterocycles. The number of hydrogen-bond acceptors (Lipinski definition) is 6. The lowest BCUT2D eigenvalue weighted by Gasteiger charge is -2.31. The minimum absolute atomic E-state index is 0.0683. The Balaban J connectivity index is 1.42. The number of likely N-dealkylation sites (tertiary alicyclic amines) is 1. The van der Waals surface area contributed by atoms with Gasteiger partial charge in [-0.25, -0.2) is 18.4 Å². The first-order valence-corrected chi connectivity index (χ1v) is 10.6. The standard InChI is InChI=1S/C18H24N4O3S/c23-26(24,22-10-1-2-11-22)18-6-5-16(25-18)13-21-9-3-4-15(12-21)17-7-8-19-14-20-17/h5-8,14-15H,1-4,9-13H2/t15-/m1/s1. The monoisotopic (exact) mass is 376 g/mol. The van der Waals surface area contributed by atoms with Gasteiger partial charge < -0.3 is 4.42 Å². The van der Waals surface area contributed by atoms with Crippen LogP contribution in [0.3, 0.4) is 0 Å².